The Morgan fingerprint density at radius 3 is 2.91 bits per heavy atom. The molecular formula is C7H10BrNOS. The van der Waals surface area contributed by atoms with Crippen LogP contribution in [0, 0.1) is 0 Å². The Hall–Kier alpha value is 0.100. The predicted molar refractivity (Wildman–Crippen MR) is 50.7 cm³/mol. The van der Waals surface area contributed by atoms with Gasteiger partial charge in [-0.3, -0.25) is 0 Å². The molecule has 0 unspecified atom stereocenters. The molecule has 3 N–H and O–H groups in total. The van der Waals surface area contributed by atoms with E-state index in [4.69, 9.17) is 5.73 Å². The van der Waals surface area contributed by atoms with Gasteiger partial charge in [-0.15, -0.1) is 11.3 Å². The number of hydrogen-bond donors (Lipinski definition) is 2. The SMILES string of the molecule is NCC[C@@H](O)c1sccc1Br. The van der Waals surface area contributed by atoms with Crippen molar-refractivity contribution in [2.45, 2.75) is 12.5 Å². The summed E-state index contributed by atoms with van der Waals surface area (Å²) in [6, 6.07) is 1.93. The summed E-state index contributed by atoms with van der Waals surface area (Å²) in [6.07, 6.45) is 0.216. The molecule has 0 aromatic carbocycles. The Labute approximate surface area is 78.2 Å². The van der Waals surface area contributed by atoms with E-state index in [-0.39, 0.29) is 0 Å². The van der Waals surface area contributed by atoms with Gasteiger partial charge < -0.3 is 10.8 Å². The number of halogens is 1. The van der Waals surface area contributed by atoms with E-state index in [2.05, 4.69) is 15.9 Å². The molecule has 1 rings (SSSR count). The van der Waals surface area contributed by atoms with E-state index in [1.54, 1.807) is 11.3 Å². The number of aliphatic hydroxyl groups is 1. The van der Waals surface area contributed by atoms with Crippen LogP contribution in [0.5, 0.6) is 0 Å². The van der Waals surface area contributed by atoms with Crippen LogP contribution in [-0.4, -0.2) is 11.7 Å². The first-order valence-corrected chi connectivity index (χ1v) is 5.04. The zero-order valence-electron chi connectivity index (χ0n) is 5.96. The average molecular weight is 236 g/mol. The van der Waals surface area contributed by atoms with Gasteiger partial charge in [-0.1, -0.05) is 0 Å². The Bertz CT molecular complexity index is 226. The summed E-state index contributed by atoms with van der Waals surface area (Å²) in [4.78, 5) is 0.968. The lowest BCUT2D eigenvalue weighted by Gasteiger charge is -2.06. The fourth-order valence-electron chi connectivity index (χ4n) is 0.832. The van der Waals surface area contributed by atoms with E-state index in [0.29, 0.717) is 13.0 Å². The lowest BCUT2D eigenvalue weighted by atomic mass is 10.2. The predicted octanol–water partition coefficient (Wildman–Crippen LogP) is 1.89. The summed E-state index contributed by atoms with van der Waals surface area (Å²) in [7, 11) is 0. The van der Waals surface area contributed by atoms with Gasteiger partial charge >= 0.3 is 0 Å². The molecule has 1 aromatic heterocycles. The van der Waals surface area contributed by atoms with E-state index in [0.717, 1.165) is 9.35 Å². The molecule has 4 heteroatoms. The highest BCUT2D eigenvalue weighted by molar-refractivity contribution is 9.10. The molecule has 1 atom stereocenters. The summed E-state index contributed by atoms with van der Waals surface area (Å²) in [5.41, 5.74) is 5.31. The van der Waals surface area contributed by atoms with Crippen molar-refractivity contribution in [2.24, 2.45) is 5.73 Å². The van der Waals surface area contributed by atoms with Gasteiger partial charge in [0.25, 0.3) is 0 Å². The second-order valence-corrected chi connectivity index (χ2v) is 4.03. The highest BCUT2D eigenvalue weighted by Crippen LogP contribution is 2.30. The Kier molecular flexibility index (Phi) is 3.51. The molecule has 11 heavy (non-hydrogen) atoms. The zero-order chi connectivity index (χ0) is 8.27. The van der Waals surface area contributed by atoms with E-state index in [1.807, 2.05) is 11.4 Å². The van der Waals surface area contributed by atoms with Gasteiger partial charge in [-0.05, 0) is 40.3 Å². The number of nitrogens with two attached hydrogens (primary N) is 1. The van der Waals surface area contributed by atoms with Crippen LogP contribution in [0.1, 0.15) is 17.4 Å². The third kappa shape index (κ3) is 2.27. The lowest BCUT2D eigenvalue weighted by molar-refractivity contribution is 0.173. The second kappa shape index (κ2) is 4.21. The van der Waals surface area contributed by atoms with Crippen LogP contribution in [0.2, 0.25) is 0 Å². The lowest BCUT2D eigenvalue weighted by Crippen LogP contribution is -2.05. The van der Waals surface area contributed by atoms with Gasteiger partial charge in [0.2, 0.25) is 0 Å². The molecule has 0 radical (unpaired) electrons. The molecule has 0 aliphatic heterocycles. The van der Waals surface area contributed by atoms with Crippen molar-refractivity contribution in [3.05, 3.63) is 20.8 Å². The first-order valence-electron chi connectivity index (χ1n) is 3.36. The first kappa shape index (κ1) is 9.19. The monoisotopic (exact) mass is 235 g/mol. The summed E-state index contributed by atoms with van der Waals surface area (Å²) in [5.74, 6) is 0. The fraction of sp³-hybridized carbons (Fsp3) is 0.429. The normalized spacial score (nSPS) is 13.4. The van der Waals surface area contributed by atoms with Gasteiger partial charge in [-0.25, -0.2) is 0 Å². The van der Waals surface area contributed by atoms with Crippen molar-refractivity contribution >= 4 is 27.3 Å². The van der Waals surface area contributed by atoms with E-state index < -0.39 is 6.10 Å². The fourth-order valence-corrected chi connectivity index (χ4v) is 2.49. The van der Waals surface area contributed by atoms with Gasteiger partial charge in [-0.2, -0.15) is 0 Å². The maximum atomic E-state index is 9.49. The minimum absolute atomic E-state index is 0.408. The van der Waals surface area contributed by atoms with Crippen molar-refractivity contribution in [1.82, 2.24) is 0 Å². The van der Waals surface area contributed by atoms with E-state index in [9.17, 15) is 5.11 Å². The van der Waals surface area contributed by atoms with Crippen LogP contribution < -0.4 is 5.73 Å². The maximum absolute atomic E-state index is 9.49. The Morgan fingerprint density at radius 1 is 1.73 bits per heavy atom. The van der Waals surface area contributed by atoms with Gasteiger partial charge in [0.1, 0.15) is 0 Å². The molecule has 0 saturated carbocycles. The van der Waals surface area contributed by atoms with Crippen molar-refractivity contribution in [2.75, 3.05) is 6.54 Å². The smallest absolute Gasteiger partial charge is 0.0905 e. The molecule has 0 aliphatic carbocycles. The Morgan fingerprint density at radius 2 is 2.45 bits per heavy atom. The van der Waals surface area contributed by atoms with Crippen molar-refractivity contribution in [1.29, 1.82) is 0 Å². The highest BCUT2D eigenvalue weighted by atomic mass is 79.9. The molecule has 0 spiro atoms. The van der Waals surface area contributed by atoms with E-state index >= 15 is 0 Å². The number of thiophene rings is 1. The molecule has 2 nitrogen and oxygen atoms in total. The van der Waals surface area contributed by atoms with Crippen LogP contribution in [0.15, 0.2) is 15.9 Å². The highest BCUT2D eigenvalue weighted by Gasteiger charge is 2.10. The van der Waals surface area contributed by atoms with Crippen LogP contribution in [-0.2, 0) is 0 Å². The van der Waals surface area contributed by atoms with Crippen LogP contribution in [0.25, 0.3) is 0 Å². The van der Waals surface area contributed by atoms with Crippen LogP contribution in [0.4, 0.5) is 0 Å². The zero-order valence-corrected chi connectivity index (χ0v) is 8.36. The maximum Gasteiger partial charge on any atom is 0.0905 e. The summed E-state index contributed by atoms with van der Waals surface area (Å²) in [5, 5.41) is 11.4. The standard InChI is InChI=1S/C7H10BrNOS/c8-5-2-4-11-7(5)6(10)1-3-9/h2,4,6,10H,1,3,9H2/t6-/m1/s1. The first-order chi connectivity index (χ1) is 5.25. The van der Waals surface area contributed by atoms with Gasteiger partial charge in [0.05, 0.1) is 6.10 Å². The minimum atomic E-state index is -0.408. The summed E-state index contributed by atoms with van der Waals surface area (Å²) >= 11 is 4.89. The third-order valence-corrected chi connectivity index (χ3v) is 3.36. The van der Waals surface area contributed by atoms with Gasteiger partial charge in [0, 0.05) is 9.35 Å². The van der Waals surface area contributed by atoms with Crippen molar-refractivity contribution in [3.63, 3.8) is 0 Å². The minimum Gasteiger partial charge on any atom is -0.387 e. The average Bonchev–Trinajstić information content (AvgIpc) is 2.36. The summed E-state index contributed by atoms with van der Waals surface area (Å²) in [6.45, 7) is 0.519. The topological polar surface area (TPSA) is 46.2 Å². The molecule has 1 heterocycles. The summed E-state index contributed by atoms with van der Waals surface area (Å²) < 4.78 is 0.975. The number of rotatable bonds is 3. The number of aliphatic hydroxyl groups excluding tert-OH is 1. The molecule has 0 amide bonds. The number of hydrogen-bond acceptors (Lipinski definition) is 3. The van der Waals surface area contributed by atoms with Gasteiger partial charge in [0.15, 0.2) is 0 Å². The van der Waals surface area contributed by atoms with Crippen LogP contribution >= 0.6 is 27.3 Å². The molecule has 0 bridgehead atoms. The molecule has 0 fully saturated rings. The van der Waals surface area contributed by atoms with Crippen LogP contribution in [0.3, 0.4) is 0 Å². The molecule has 0 aliphatic rings. The quantitative estimate of drug-likeness (QED) is 0.841. The second-order valence-electron chi connectivity index (χ2n) is 2.23. The largest absolute Gasteiger partial charge is 0.387 e. The molecule has 0 saturated heterocycles. The third-order valence-electron chi connectivity index (χ3n) is 1.39. The van der Waals surface area contributed by atoms with E-state index in [1.165, 1.54) is 0 Å². The van der Waals surface area contributed by atoms with Crippen molar-refractivity contribution < 1.29 is 5.11 Å². The molecule has 62 valence electrons. The van der Waals surface area contributed by atoms with Crippen molar-refractivity contribution in [3.8, 4) is 0 Å². The molecular weight excluding hydrogens is 226 g/mol. The molecule has 1 aromatic rings. The Balaban J connectivity index is 2.67.